The molecule has 0 unspecified atom stereocenters. The lowest BCUT2D eigenvalue weighted by molar-refractivity contribution is 0.0338. The predicted octanol–water partition coefficient (Wildman–Crippen LogP) is 0.472. The maximum atomic E-state index is 8.64. The maximum Gasteiger partial charge on any atom is 0.270 e. The molecule has 13 heavy (non-hydrogen) atoms. The van der Waals surface area contributed by atoms with E-state index >= 15 is 0 Å². The number of rotatable bonds is 3. The second-order valence-electron chi connectivity index (χ2n) is 2.08. The summed E-state index contributed by atoms with van der Waals surface area (Å²) < 4.78 is 4.80. The molecule has 0 saturated carbocycles. The summed E-state index contributed by atoms with van der Waals surface area (Å²) in [6.45, 7) is 1.68. The maximum absolute atomic E-state index is 8.64. The highest BCUT2D eigenvalue weighted by Crippen LogP contribution is 2.19. The normalized spacial score (nSPS) is 9.38. The van der Waals surface area contributed by atoms with Gasteiger partial charge in [0.2, 0.25) is 0 Å². The molecular weight excluding hydrogens is 168 g/mol. The first-order chi connectivity index (χ1) is 6.20. The fourth-order valence-corrected chi connectivity index (χ4v) is 0.740. The lowest BCUT2D eigenvalue weighted by Crippen LogP contribution is -2.36. The van der Waals surface area contributed by atoms with Crippen LogP contribution in [0, 0.1) is 51.2 Å². The van der Waals surface area contributed by atoms with Crippen LogP contribution in [0.2, 0.25) is 0 Å². The molecule has 0 aliphatic rings. The minimum atomic E-state index is -1.96. The topological polar surface area (TPSA) is 104 Å². The van der Waals surface area contributed by atoms with Gasteiger partial charge >= 0.3 is 0 Å². The van der Waals surface area contributed by atoms with E-state index in [1.54, 1.807) is 19.1 Å². The van der Waals surface area contributed by atoms with E-state index in [2.05, 4.69) is 0 Å². The van der Waals surface area contributed by atoms with Crippen LogP contribution in [0.1, 0.15) is 6.92 Å². The number of nitrogens with zero attached hydrogens (tertiary/aromatic N) is 4. The van der Waals surface area contributed by atoms with Crippen LogP contribution in [-0.2, 0) is 4.74 Å². The first kappa shape index (κ1) is 10.9. The summed E-state index contributed by atoms with van der Waals surface area (Å²) >= 11 is 0. The van der Waals surface area contributed by atoms with Gasteiger partial charge in [-0.1, -0.05) is 0 Å². The summed E-state index contributed by atoms with van der Waals surface area (Å²) in [7, 11) is 0. The van der Waals surface area contributed by atoms with Crippen LogP contribution in [0.25, 0.3) is 0 Å². The molecule has 64 valence electrons. The van der Waals surface area contributed by atoms with Gasteiger partial charge in [0, 0.05) is 6.61 Å². The molecule has 0 saturated heterocycles. The van der Waals surface area contributed by atoms with Crippen LogP contribution in [0.4, 0.5) is 0 Å². The van der Waals surface area contributed by atoms with Gasteiger partial charge in [0.15, 0.2) is 5.92 Å². The van der Waals surface area contributed by atoms with Crippen molar-refractivity contribution in [3.05, 3.63) is 0 Å². The molecule has 5 heteroatoms. The Balaban J connectivity index is 5.06. The zero-order valence-electron chi connectivity index (χ0n) is 6.98. The summed E-state index contributed by atoms with van der Waals surface area (Å²) in [5.74, 6) is -1.39. The molecule has 0 atom stereocenters. The van der Waals surface area contributed by atoms with Gasteiger partial charge in [-0.2, -0.15) is 21.0 Å². The fraction of sp³-hybridized carbons (Fsp3) is 0.500. The molecule has 0 spiro atoms. The van der Waals surface area contributed by atoms with Gasteiger partial charge < -0.3 is 4.74 Å². The van der Waals surface area contributed by atoms with Gasteiger partial charge in [-0.05, 0) is 6.92 Å². The zero-order valence-corrected chi connectivity index (χ0v) is 6.98. The van der Waals surface area contributed by atoms with Crippen molar-refractivity contribution in [2.45, 2.75) is 12.5 Å². The van der Waals surface area contributed by atoms with Gasteiger partial charge in [-0.25, -0.2) is 0 Å². The summed E-state index contributed by atoms with van der Waals surface area (Å²) in [4.78, 5) is 0. The second-order valence-corrected chi connectivity index (χ2v) is 2.08. The van der Waals surface area contributed by atoms with Crippen LogP contribution in [0.5, 0.6) is 0 Å². The molecule has 0 fully saturated rings. The Kier molecular flexibility index (Phi) is 3.97. The molecule has 0 aliphatic heterocycles. The Morgan fingerprint density at radius 3 is 1.85 bits per heavy atom. The van der Waals surface area contributed by atoms with Crippen LogP contribution in [0.3, 0.4) is 0 Å². The highest BCUT2D eigenvalue weighted by Gasteiger charge is 2.41. The number of nitriles is 4. The smallest absolute Gasteiger partial charge is 0.270 e. The first-order valence-electron chi connectivity index (χ1n) is 3.46. The number of hydrogen-bond donors (Lipinski definition) is 0. The van der Waals surface area contributed by atoms with E-state index in [1.165, 1.54) is 12.1 Å². The predicted molar refractivity (Wildman–Crippen MR) is 40.3 cm³/mol. The van der Waals surface area contributed by atoms with Crippen LogP contribution >= 0.6 is 0 Å². The third kappa shape index (κ3) is 1.94. The summed E-state index contributed by atoms with van der Waals surface area (Å²) in [5.41, 5.74) is -1.96. The molecular formula is C8H6N4O. The van der Waals surface area contributed by atoms with Crippen molar-refractivity contribution >= 4 is 0 Å². The molecule has 0 radical (unpaired) electrons. The quantitative estimate of drug-likeness (QED) is 0.618. The van der Waals surface area contributed by atoms with Gasteiger partial charge in [0.05, 0.1) is 12.1 Å². The number of hydrogen-bond acceptors (Lipinski definition) is 5. The molecule has 0 amide bonds. The summed E-state index contributed by atoms with van der Waals surface area (Å²) in [6.07, 6.45) is 0. The summed E-state index contributed by atoms with van der Waals surface area (Å²) in [6, 6.07) is 6.18. The van der Waals surface area contributed by atoms with Crippen molar-refractivity contribution in [1.29, 1.82) is 21.0 Å². The van der Waals surface area contributed by atoms with Gasteiger partial charge in [-0.3, -0.25) is 0 Å². The Morgan fingerprint density at radius 1 is 1.15 bits per heavy atom. The van der Waals surface area contributed by atoms with Crippen molar-refractivity contribution in [2.75, 3.05) is 6.61 Å². The van der Waals surface area contributed by atoms with Crippen molar-refractivity contribution in [2.24, 2.45) is 5.92 Å². The molecule has 0 aliphatic carbocycles. The van der Waals surface area contributed by atoms with Gasteiger partial charge in [0.1, 0.15) is 12.1 Å². The molecule has 0 heterocycles. The van der Waals surface area contributed by atoms with E-state index in [1.807, 2.05) is 0 Å². The zero-order chi connectivity index (χ0) is 10.3. The standard InChI is InChI=1S/C8H6N4O/c1-2-13-8(5-11,6-12)7(3-9)4-10/h7H,2H2,1H3. The van der Waals surface area contributed by atoms with E-state index in [4.69, 9.17) is 25.8 Å². The fourth-order valence-electron chi connectivity index (χ4n) is 0.740. The van der Waals surface area contributed by atoms with Crippen LogP contribution < -0.4 is 0 Å². The number of ether oxygens (including phenoxy) is 1. The minimum Gasteiger partial charge on any atom is -0.347 e. The van der Waals surface area contributed by atoms with Gasteiger partial charge in [0.25, 0.3) is 5.60 Å². The molecule has 0 aromatic carbocycles. The van der Waals surface area contributed by atoms with Crippen LogP contribution in [0.15, 0.2) is 0 Å². The van der Waals surface area contributed by atoms with E-state index < -0.39 is 11.5 Å². The molecule has 0 aromatic heterocycles. The second kappa shape index (κ2) is 4.73. The van der Waals surface area contributed by atoms with Crippen LogP contribution in [-0.4, -0.2) is 12.2 Å². The van der Waals surface area contributed by atoms with Crippen molar-refractivity contribution in [3.8, 4) is 24.3 Å². The highest BCUT2D eigenvalue weighted by molar-refractivity contribution is 5.29. The molecule has 5 nitrogen and oxygen atoms in total. The summed E-state index contributed by atoms with van der Waals surface area (Å²) in [5, 5.41) is 34.3. The van der Waals surface area contributed by atoms with Crippen molar-refractivity contribution < 1.29 is 4.74 Å². The van der Waals surface area contributed by atoms with Crippen molar-refractivity contribution in [3.63, 3.8) is 0 Å². The lowest BCUT2D eigenvalue weighted by Gasteiger charge is -2.17. The third-order valence-electron chi connectivity index (χ3n) is 1.37. The Hall–Kier alpha value is -2.08. The molecule has 0 N–H and O–H groups in total. The first-order valence-corrected chi connectivity index (χ1v) is 3.46. The third-order valence-corrected chi connectivity index (χ3v) is 1.37. The SMILES string of the molecule is CCOC(C#N)(C#N)C(C#N)C#N. The molecule has 0 rings (SSSR count). The Labute approximate surface area is 76.0 Å². The van der Waals surface area contributed by atoms with E-state index in [9.17, 15) is 0 Å². The average molecular weight is 174 g/mol. The van der Waals surface area contributed by atoms with Crippen molar-refractivity contribution in [1.82, 2.24) is 0 Å². The average Bonchev–Trinajstić information content (AvgIpc) is 2.18. The van der Waals surface area contributed by atoms with E-state index in [-0.39, 0.29) is 6.61 Å². The largest absolute Gasteiger partial charge is 0.347 e. The Bertz CT molecular complexity index is 307. The minimum absolute atomic E-state index is 0.0982. The van der Waals surface area contributed by atoms with E-state index in [0.717, 1.165) is 0 Å². The monoisotopic (exact) mass is 174 g/mol. The van der Waals surface area contributed by atoms with E-state index in [0.29, 0.717) is 0 Å². The molecule has 0 bridgehead atoms. The van der Waals surface area contributed by atoms with Gasteiger partial charge in [-0.15, -0.1) is 0 Å². The molecule has 0 aromatic rings. The Morgan fingerprint density at radius 2 is 1.62 bits per heavy atom. The lowest BCUT2D eigenvalue weighted by atomic mass is 9.92. The highest BCUT2D eigenvalue weighted by atomic mass is 16.5.